The normalized spacial score (nSPS) is 16.1. The predicted molar refractivity (Wildman–Crippen MR) is 105 cm³/mol. The quantitative estimate of drug-likeness (QED) is 0.726. The zero-order valence-electron chi connectivity index (χ0n) is 15.2. The molecule has 1 aromatic carbocycles. The molecule has 1 amide bonds. The molecule has 0 spiro atoms. The summed E-state index contributed by atoms with van der Waals surface area (Å²) in [5, 5.41) is 0. The highest BCUT2D eigenvalue weighted by atomic mass is 35.5. The number of nitrogens with two attached hydrogens (primary N) is 1. The number of hydrogen-bond acceptors (Lipinski definition) is 5. The fraction of sp³-hybridized carbons (Fsp3) is 0.611. The van der Waals surface area contributed by atoms with E-state index in [1.165, 1.54) is 0 Å². The van der Waals surface area contributed by atoms with Gasteiger partial charge in [0.25, 0.3) is 0 Å². The van der Waals surface area contributed by atoms with Crippen LogP contribution in [0.3, 0.4) is 0 Å². The standard InChI is InChI=1S/C18H28N2O3S.ClH/c1-13(19)14-6-9-20(10-7-14)18(21)8-11-24-15-4-5-16(22-2)17(12-15)23-3;/h4-5,12-14H,6-11,19H2,1-3H3;1H. The lowest BCUT2D eigenvalue weighted by Crippen LogP contribution is -2.42. The molecule has 2 rings (SSSR count). The molecule has 1 atom stereocenters. The van der Waals surface area contributed by atoms with Crippen molar-refractivity contribution in [3.63, 3.8) is 0 Å². The molecule has 1 saturated heterocycles. The van der Waals surface area contributed by atoms with E-state index in [1.807, 2.05) is 23.1 Å². The van der Waals surface area contributed by atoms with Crippen molar-refractivity contribution in [3.8, 4) is 11.5 Å². The summed E-state index contributed by atoms with van der Waals surface area (Å²) in [7, 11) is 3.25. The van der Waals surface area contributed by atoms with Gasteiger partial charge in [0.15, 0.2) is 11.5 Å². The first-order chi connectivity index (χ1) is 11.5. The van der Waals surface area contributed by atoms with Gasteiger partial charge >= 0.3 is 0 Å². The van der Waals surface area contributed by atoms with E-state index in [4.69, 9.17) is 15.2 Å². The third-order valence-electron chi connectivity index (χ3n) is 4.58. The number of carbonyl (C=O) groups excluding carboxylic acids is 1. The highest BCUT2D eigenvalue weighted by molar-refractivity contribution is 7.99. The summed E-state index contributed by atoms with van der Waals surface area (Å²) in [6.45, 7) is 3.74. The van der Waals surface area contributed by atoms with E-state index in [2.05, 4.69) is 6.92 Å². The van der Waals surface area contributed by atoms with Gasteiger partial charge in [-0.3, -0.25) is 4.79 Å². The van der Waals surface area contributed by atoms with Crippen LogP contribution in [0.15, 0.2) is 23.1 Å². The molecule has 0 aromatic heterocycles. The number of piperidine rings is 1. The number of amides is 1. The fourth-order valence-electron chi connectivity index (χ4n) is 3.00. The maximum absolute atomic E-state index is 12.3. The number of carbonyl (C=O) groups is 1. The van der Waals surface area contributed by atoms with Crippen LogP contribution in [-0.4, -0.2) is 49.9 Å². The van der Waals surface area contributed by atoms with E-state index in [0.717, 1.165) is 42.3 Å². The molecule has 1 unspecified atom stereocenters. The van der Waals surface area contributed by atoms with Crippen molar-refractivity contribution in [3.05, 3.63) is 18.2 Å². The number of hydrogen-bond donors (Lipinski definition) is 1. The molecule has 7 heteroatoms. The van der Waals surface area contributed by atoms with Crippen LogP contribution in [0.25, 0.3) is 0 Å². The summed E-state index contributed by atoms with van der Waals surface area (Å²) < 4.78 is 10.5. The lowest BCUT2D eigenvalue weighted by molar-refractivity contribution is -0.132. The van der Waals surface area contributed by atoms with E-state index < -0.39 is 0 Å². The number of thioether (sulfide) groups is 1. The lowest BCUT2D eigenvalue weighted by atomic mass is 9.91. The number of halogens is 1. The molecule has 1 aliphatic rings. The molecule has 5 nitrogen and oxygen atoms in total. The molecule has 142 valence electrons. The second-order valence-corrected chi connectivity index (χ2v) is 7.36. The highest BCUT2D eigenvalue weighted by Gasteiger charge is 2.24. The first-order valence-corrected chi connectivity index (χ1v) is 9.42. The van der Waals surface area contributed by atoms with Crippen molar-refractivity contribution in [2.75, 3.05) is 33.1 Å². The van der Waals surface area contributed by atoms with E-state index in [1.54, 1.807) is 26.0 Å². The van der Waals surface area contributed by atoms with E-state index >= 15 is 0 Å². The molecule has 1 aliphatic heterocycles. The van der Waals surface area contributed by atoms with Crippen molar-refractivity contribution in [2.45, 2.75) is 37.1 Å². The molecule has 1 fully saturated rings. The summed E-state index contributed by atoms with van der Waals surface area (Å²) in [6.07, 6.45) is 2.60. The maximum atomic E-state index is 12.3. The Balaban J connectivity index is 0.00000312. The molecule has 0 saturated carbocycles. The summed E-state index contributed by atoms with van der Waals surface area (Å²) in [5.41, 5.74) is 5.95. The molecule has 1 heterocycles. The Labute approximate surface area is 161 Å². The first kappa shape index (κ1) is 21.9. The Bertz CT molecular complexity index is 549. The predicted octanol–water partition coefficient (Wildman–Crippen LogP) is 3.19. The zero-order valence-corrected chi connectivity index (χ0v) is 16.8. The number of methoxy groups -OCH3 is 2. The average molecular weight is 389 g/mol. The van der Waals surface area contributed by atoms with Gasteiger partial charge in [-0.15, -0.1) is 24.2 Å². The topological polar surface area (TPSA) is 64.8 Å². The smallest absolute Gasteiger partial charge is 0.223 e. The molecule has 25 heavy (non-hydrogen) atoms. The third-order valence-corrected chi connectivity index (χ3v) is 5.57. The fourth-order valence-corrected chi connectivity index (χ4v) is 3.86. The van der Waals surface area contributed by atoms with Crippen LogP contribution in [0, 0.1) is 5.92 Å². The molecular formula is C18H29ClN2O3S. The van der Waals surface area contributed by atoms with Gasteiger partial charge in [-0.05, 0) is 43.9 Å². The van der Waals surface area contributed by atoms with Gasteiger partial charge in [-0.25, -0.2) is 0 Å². The molecule has 0 aliphatic carbocycles. The van der Waals surface area contributed by atoms with Gasteiger partial charge in [0.05, 0.1) is 14.2 Å². The van der Waals surface area contributed by atoms with Crippen LogP contribution in [0.2, 0.25) is 0 Å². The minimum Gasteiger partial charge on any atom is -0.493 e. The summed E-state index contributed by atoms with van der Waals surface area (Å²) in [6, 6.07) is 6.05. The summed E-state index contributed by atoms with van der Waals surface area (Å²) in [4.78, 5) is 15.4. The summed E-state index contributed by atoms with van der Waals surface area (Å²) >= 11 is 1.66. The second-order valence-electron chi connectivity index (χ2n) is 6.19. The van der Waals surface area contributed by atoms with Gasteiger partial charge in [0.1, 0.15) is 0 Å². The molecule has 2 N–H and O–H groups in total. The van der Waals surface area contributed by atoms with Gasteiger partial charge in [0.2, 0.25) is 5.91 Å². The Kier molecular flexibility index (Phi) is 9.46. The van der Waals surface area contributed by atoms with Crippen LogP contribution in [-0.2, 0) is 4.79 Å². The van der Waals surface area contributed by atoms with Crippen molar-refractivity contribution < 1.29 is 14.3 Å². The van der Waals surface area contributed by atoms with Gasteiger partial charge < -0.3 is 20.1 Å². The second kappa shape index (κ2) is 10.8. The monoisotopic (exact) mass is 388 g/mol. The number of likely N-dealkylation sites (tertiary alicyclic amines) is 1. The van der Waals surface area contributed by atoms with E-state index in [-0.39, 0.29) is 24.4 Å². The van der Waals surface area contributed by atoms with Gasteiger partial charge in [-0.2, -0.15) is 0 Å². The van der Waals surface area contributed by atoms with E-state index in [0.29, 0.717) is 18.1 Å². The molecule has 1 aromatic rings. The molecular weight excluding hydrogens is 360 g/mol. The van der Waals surface area contributed by atoms with Crippen LogP contribution >= 0.6 is 24.2 Å². The Hall–Kier alpha value is -1.11. The minimum absolute atomic E-state index is 0. The van der Waals surface area contributed by atoms with Crippen LogP contribution < -0.4 is 15.2 Å². The number of benzene rings is 1. The van der Waals surface area contributed by atoms with Crippen LogP contribution in [0.4, 0.5) is 0 Å². The maximum Gasteiger partial charge on any atom is 0.223 e. The van der Waals surface area contributed by atoms with Gasteiger partial charge in [0, 0.05) is 36.2 Å². The first-order valence-electron chi connectivity index (χ1n) is 8.43. The van der Waals surface area contributed by atoms with Crippen molar-refractivity contribution >= 4 is 30.1 Å². The van der Waals surface area contributed by atoms with Crippen molar-refractivity contribution in [2.24, 2.45) is 11.7 Å². The van der Waals surface area contributed by atoms with Crippen LogP contribution in [0.5, 0.6) is 11.5 Å². The Morgan fingerprint density at radius 2 is 1.92 bits per heavy atom. The average Bonchev–Trinajstić information content (AvgIpc) is 2.61. The minimum atomic E-state index is 0. The largest absolute Gasteiger partial charge is 0.493 e. The van der Waals surface area contributed by atoms with Crippen LogP contribution in [0.1, 0.15) is 26.2 Å². The summed E-state index contributed by atoms with van der Waals surface area (Å²) in [5.74, 6) is 2.99. The van der Waals surface area contributed by atoms with Gasteiger partial charge in [-0.1, -0.05) is 0 Å². The molecule has 0 bridgehead atoms. The lowest BCUT2D eigenvalue weighted by Gasteiger charge is -2.33. The van der Waals surface area contributed by atoms with Crippen molar-refractivity contribution in [1.29, 1.82) is 0 Å². The number of rotatable bonds is 7. The van der Waals surface area contributed by atoms with Crippen molar-refractivity contribution in [1.82, 2.24) is 4.90 Å². The Morgan fingerprint density at radius 3 is 2.48 bits per heavy atom. The SMILES string of the molecule is COc1ccc(SCCC(=O)N2CCC(C(C)N)CC2)cc1OC.Cl. The molecule has 0 radical (unpaired) electrons. The number of ether oxygens (including phenoxy) is 2. The zero-order chi connectivity index (χ0) is 17.5. The Morgan fingerprint density at radius 1 is 1.28 bits per heavy atom. The third kappa shape index (κ3) is 6.28. The number of nitrogens with zero attached hydrogens (tertiary/aromatic N) is 1. The van der Waals surface area contributed by atoms with E-state index in [9.17, 15) is 4.79 Å². The highest BCUT2D eigenvalue weighted by Crippen LogP contribution is 2.32.